The first-order valence-electron chi connectivity index (χ1n) is 8.83. The molecule has 3 atom stereocenters. The van der Waals surface area contributed by atoms with Crippen LogP contribution in [0.5, 0.6) is 0 Å². The molecule has 2 aromatic rings. The zero-order valence-electron chi connectivity index (χ0n) is 15.2. The number of hydrogen-bond donors (Lipinski definition) is 2. The van der Waals surface area contributed by atoms with E-state index in [1.165, 1.54) is 17.5 Å². The van der Waals surface area contributed by atoms with Gasteiger partial charge in [-0.05, 0) is 44.9 Å². The van der Waals surface area contributed by atoms with Crippen LogP contribution in [0.25, 0.3) is 0 Å². The van der Waals surface area contributed by atoms with Gasteiger partial charge in [0.1, 0.15) is 0 Å². The number of para-hydroxylation sites is 1. The van der Waals surface area contributed by atoms with E-state index in [0.29, 0.717) is 12.6 Å². The highest BCUT2D eigenvalue weighted by atomic mass is 16.4. The minimum Gasteiger partial charge on any atom is -0.481 e. The maximum absolute atomic E-state index is 12.5. The smallest absolute Gasteiger partial charge is 0.308 e. The third-order valence-corrected chi connectivity index (χ3v) is 5.14. The number of carboxylic acid groups (broad SMARTS) is 1. The van der Waals surface area contributed by atoms with Crippen LogP contribution in [0, 0.1) is 5.92 Å². The van der Waals surface area contributed by atoms with Crippen LogP contribution in [0.2, 0.25) is 0 Å². The molecule has 0 saturated carbocycles. The van der Waals surface area contributed by atoms with Crippen molar-refractivity contribution in [3.8, 4) is 0 Å². The van der Waals surface area contributed by atoms with E-state index in [1.54, 1.807) is 19.9 Å². The molecule has 0 bridgehead atoms. The molecule has 0 fully saturated rings. The molecule has 1 aliphatic heterocycles. The van der Waals surface area contributed by atoms with Crippen molar-refractivity contribution in [2.45, 2.75) is 45.8 Å². The Morgan fingerprint density at radius 2 is 2.04 bits per heavy atom. The normalized spacial score (nSPS) is 18.3. The monoisotopic (exact) mass is 356 g/mol. The number of carbonyl (C=O) groups is 2. The van der Waals surface area contributed by atoms with Gasteiger partial charge in [-0.1, -0.05) is 18.2 Å². The molecular formula is C20H24N2O4. The molecule has 1 aliphatic rings. The average Bonchev–Trinajstić information content (AvgIpc) is 3.19. The second-order valence-corrected chi connectivity index (χ2v) is 6.97. The summed E-state index contributed by atoms with van der Waals surface area (Å²) in [5.41, 5.74) is 3.28. The van der Waals surface area contributed by atoms with E-state index in [4.69, 9.17) is 9.52 Å². The summed E-state index contributed by atoms with van der Waals surface area (Å²) in [6.07, 6.45) is 2.48. The topological polar surface area (TPSA) is 82.8 Å². The molecular weight excluding hydrogens is 332 g/mol. The van der Waals surface area contributed by atoms with E-state index in [-0.39, 0.29) is 11.7 Å². The number of hydrogen-bond acceptors (Lipinski definition) is 4. The van der Waals surface area contributed by atoms with Crippen LogP contribution in [0.3, 0.4) is 0 Å². The second-order valence-electron chi connectivity index (χ2n) is 6.97. The van der Waals surface area contributed by atoms with Crippen molar-refractivity contribution >= 4 is 17.6 Å². The molecule has 0 radical (unpaired) electrons. The van der Waals surface area contributed by atoms with Crippen LogP contribution in [-0.4, -0.2) is 29.1 Å². The van der Waals surface area contributed by atoms with E-state index in [2.05, 4.69) is 29.3 Å². The lowest BCUT2D eigenvalue weighted by Crippen LogP contribution is -2.40. The number of furan rings is 1. The van der Waals surface area contributed by atoms with E-state index in [9.17, 15) is 9.59 Å². The Morgan fingerprint density at radius 3 is 2.77 bits per heavy atom. The molecule has 3 rings (SSSR count). The van der Waals surface area contributed by atoms with E-state index < -0.39 is 17.9 Å². The molecule has 0 saturated heterocycles. The van der Waals surface area contributed by atoms with Crippen molar-refractivity contribution in [2.75, 3.05) is 4.90 Å². The van der Waals surface area contributed by atoms with Crippen molar-refractivity contribution in [3.05, 3.63) is 53.5 Å². The van der Waals surface area contributed by atoms with Crippen LogP contribution in [0.15, 0.2) is 41.0 Å². The fourth-order valence-corrected chi connectivity index (χ4v) is 3.32. The lowest BCUT2D eigenvalue weighted by molar-refractivity contribution is -0.141. The second kappa shape index (κ2) is 7.23. The Bertz CT molecular complexity index is 814. The van der Waals surface area contributed by atoms with Gasteiger partial charge in [0, 0.05) is 29.9 Å². The highest BCUT2D eigenvalue weighted by Gasteiger charge is 2.28. The summed E-state index contributed by atoms with van der Waals surface area (Å²) in [5, 5.41) is 11.8. The summed E-state index contributed by atoms with van der Waals surface area (Å²) in [6.45, 7) is 5.98. The third-order valence-electron chi connectivity index (χ3n) is 5.14. The molecule has 2 N–H and O–H groups in total. The SMILES string of the molecule is CC(NC(=O)c1occc1CN1c2ccccc2CC1C)C(C)C(=O)O. The Labute approximate surface area is 152 Å². The van der Waals surface area contributed by atoms with Crippen LogP contribution in [-0.2, 0) is 17.8 Å². The van der Waals surface area contributed by atoms with Gasteiger partial charge in [0.15, 0.2) is 5.76 Å². The van der Waals surface area contributed by atoms with Crippen molar-refractivity contribution in [3.63, 3.8) is 0 Å². The number of nitrogens with zero attached hydrogens (tertiary/aromatic N) is 1. The number of fused-ring (bicyclic) bond motifs is 1. The molecule has 6 nitrogen and oxygen atoms in total. The summed E-state index contributed by atoms with van der Waals surface area (Å²) in [4.78, 5) is 25.9. The number of benzene rings is 1. The molecule has 1 amide bonds. The maximum Gasteiger partial charge on any atom is 0.308 e. The van der Waals surface area contributed by atoms with Gasteiger partial charge < -0.3 is 19.7 Å². The summed E-state index contributed by atoms with van der Waals surface area (Å²) in [5.74, 6) is -1.76. The lowest BCUT2D eigenvalue weighted by atomic mass is 10.0. The molecule has 3 unspecified atom stereocenters. The van der Waals surface area contributed by atoms with Crippen molar-refractivity contribution in [1.29, 1.82) is 0 Å². The molecule has 0 spiro atoms. The van der Waals surface area contributed by atoms with Gasteiger partial charge in [0.2, 0.25) is 0 Å². The maximum atomic E-state index is 12.5. The summed E-state index contributed by atoms with van der Waals surface area (Å²) < 4.78 is 5.41. The quantitative estimate of drug-likeness (QED) is 0.831. The molecule has 0 aliphatic carbocycles. The zero-order chi connectivity index (χ0) is 18.8. The van der Waals surface area contributed by atoms with Crippen molar-refractivity contribution in [2.24, 2.45) is 5.92 Å². The van der Waals surface area contributed by atoms with Gasteiger partial charge in [-0.3, -0.25) is 9.59 Å². The van der Waals surface area contributed by atoms with Crippen molar-refractivity contribution < 1.29 is 19.1 Å². The van der Waals surface area contributed by atoms with Crippen LogP contribution in [0.1, 0.15) is 42.5 Å². The first kappa shape index (κ1) is 18.0. The van der Waals surface area contributed by atoms with Gasteiger partial charge in [-0.25, -0.2) is 0 Å². The minimum atomic E-state index is -0.944. The molecule has 6 heteroatoms. The molecule has 1 aromatic carbocycles. The van der Waals surface area contributed by atoms with Gasteiger partial charge in [0.05, 0.1) is 12.2 Å². The van der Waals surface area contributed by atoms with Crippen LogP contribution in [0.4, 0.5) is 5.69 Å². The first-order chi connectivity index (χ1) is 12.4. The van der Waals surface area contributed by atoms with E-state index in [0.717, 1.165) is 12.0 Å². The van der Waals surface area contributed by atoms with Gasteiger partial charge in [0.25, 0.3) is 5.91 Å². The number of anilines is 1. The van der Waals surface area contributed by atoms with E-state index >= 15 is 0 Å². The molecule has 2 heterocycles. The standard InChI is InChI=1S/C20H24N2O4/c1-12-10-15-6-4-5-7-17(15)22(12)11-16-8-9-26-18(16)19(23)21-14(3)13(2)20(24)25/h4-9,12-14H,10-11H2,1-3H3,(H,21,23)(H,24,25). The van der Waals surface area contributed by atoms with E-state index in [1.807, 2.05) is 12.1 Å². The van der Waals surface area contributed by atoms with Crippen LogP contribution < -0.4 is 10.2 Å². The fraction of sp³-hybridized carbons (Fsp3) is 0.400. The largest absolute Gasteiger partial charge is 0.481 e. The fourth-order valence-electron chi connectivity index (χ4n) is 3.32. The van der Waals surface area contributed by atoms with Gasteiger partial charge in [-0.15, -0.1) is 0 Å². The minimum absolute atomic E-state index is 0.242. The summed E-state index contributed by atoms with van der Waals surface area (Å²) in [7, 11) is 0. The van der Waals surface area contributed by atoms with Gasteiger partial charge in [-0.2, -0.15) is 0 Å². The Kier molecular flexibility index (Phi) is 5.02. The van der Waals surface area contributed by atoms with Crippen molar-refractivity contribution in [1.82, 2.24) is 5.32 Å². The predicted molar refractivity (Wildman–Crippen MR) is 98.2 cm³/mol. The average molecular weight is 356 g/mol. The lowest BCUT2D eigenvalue weighted by Gasteiger charge is -2.25. The number of aliphatic carboxylic acids is 1. The number of carboxylic acids is 1. The zero-order valence-corrected chi connectivity index (χ0v) is 15.2. The number of amides is 1. The molecule has 1 aromatic heterocycles. The Hall–Kier alpha value is -2.76. The highest BCUT2D eigenvalue weighted by Crippen LogP contribution is 2.33. The molecule has 138 valence electrons. The number of carbonyl (C=O) groups excluding carboxylic acids is 1. The summed E-state index contributed by atoms with van der Waals surface area (Å²) in [6, 6.07) is 9.92. The van der Waals surface area contributed by atoms with Gasteiger partial charge >= 0.3 is 5.97 Å². The predicted octanol–water partition coefficient (Wildman–Crippen LogP) is 3.07. The first-order valence-corrected chi connectivity index (χ1v) is 8.83. The third kappa shape index (κ3) is 3.45. The number of nitrogens with one attached hydrogen (secondary N) is 1. The summed E-state index contributed by atoms with van der Waals surface area (Å²) >= 11 is 0. The Balaban J connectivity index is 1.75. The van der Waals surface area contributed by atoms with Crippen LogP contribution >= 0.6 is 0 Å². The number of rotatable bonds is 6. The Morgan fingerprint density at radius 1 is 1.31 bits per heavy atom. The highest BCUT2D eigenvalue weighted by molar-refractivity contribution is 5.93. The molecule has 26 heavy (non-hydrogen) atoms.